The third kappa shape index (κ3) is 8.42. The molecular formula is C13H24N2O4. The molecule has 1 rings (SSSR count). The fraction of sp³-hybridized carbons (Fsp3) is 0.846. The summed E-state index contributed by atoms with van der Waals surface area (Å²) in [6, 6.07) is -0.342. The summed E-state index contributed by atoms with van der Waals surface area (Å²) in [6.07, 6.45) is 7.55. The molecule has 0 heterocycles. The Morgan fingerprint density at radius 2 is 1.68 bits per heavy atom. The van der Waals surface area contributed by atoms with E-state index in [1.54, 1.807) is 0 Å². The summed E-state index contributed by atoms with van der Waals surface area (Å²) in [4.78, 5) is 21.5. The van der Waals surface area contributed by atoms with Gasteiger partial charge < -0.3 is 20.5 Å². The van der Waals surface area contributed by atoms with Crippen molar-refractivity contribution in [2.24, 2.45) is 0 Å². The van der Waals surface area contributed by atoms with Crippen molar-refractivity contribution < 1.29 is 19.4 Å². The van der Waals surface area contributed by atoms with E-state index >= 15 is 0 Å². The van der Waals surface area contributed by atoms with E-state index in [0.29, 0.717) is 19.3 Å². The van der Waals surface area contributed by atoms with Gasteiger partial charge in [0.15, 0.2) is 0 Å². The Morgan fingerprint density at radius 3 is 2.32 bits per heavy atom. The molecule has 3 N–H and O–H groups in total. The van der Waals surface area contributed by atoms with Crippen LogP contribution < -0.4 is 10.6 Å². The lowest BCUT2D eigenvalue weighted by Crippen LogP contribution is -2.38. The number of carboxylic acid groups (broad SMARTS) is 1. The molecule has 1 aliphatic carbocycles. The first-order chi connectivity index (χ1) is 9.18. The van der Waals surface area contributed by atoms with Gasteiger partial charge in [-0.25, -0.2) is 4.79 Å². The average molecular weight is 272 g/mol. The molecule has 2 amide bonds. The zero-order valence-electron chi connectivity index (χ0n) is 11.3. The molecule has 0 spiro atoms. The SMILES string of the molecule is O=C(O)CCNC(=O)NCCOC1CCCCCC1. The maximum atomic E-state index is 11.3. The molecular weight excluding hydrogens is 248 g/mol. The number of urea groups is 1. The minimum atomic E-state index is -0.919. The zero-order valence-corrected chi connectivity index (χ0v) is 11.3. The summed E-state index contributed by atoms with van der Waals surface area (Å²) in [5.74, 6) is -0.919. The number of rotatable bonds is 7. The van der Waals surface area contributed by atoms with Crippen molar-refractivity contribution in [2.45, 2.75) is 51.0 Å². The average Bonchev–Trinajstić information content (AvgIpc) is 2.63. The molecule has 110 valence electrons. The summed E-state index contributed by atoms with van der Waals surface area (Å²) in [7, 11) is 0. The monoisotopic (exact) mass is 272 g/mol. The van der Waals surface area contributed by atoms with E-state index < -0.39 is 5.97 Å². The fourth-order valence-corrected chi connectivity index (χ4v) is 2.14. The second-order valence-corrected chi connectivity index (χ2v) is 4.81. The van der Waals surface area contributed by atoms with Gasteiger partial charge in [0.25, 0.3) is 0 Å². The van der Waals surface area contributed by atoms with Crippen molar-refractivity contribution in [3.63, 3.8) is 0 Å². The number of carbonyl (C=O) groups is 2. The van der Waals surface area contributed by atoms with Crippen LogP contribution in [0, 0.1) is 0 Å². The quantitative estimate of drug-likeness (QED) is 0.484. The van der Waals surface area contributed by atoms with Crippen LogP contribution in [0.15, 0.2) is 0 Å². The van der Waals surface area contributed by atoms with Crippen LogP contribution in [0.2, 0.25) is 0 Å². The van der Waals surface area contributed by atoms with Crippen LogP contribution in [0.5, 0.6) is 0 Å². The van der Waals surface area contributed by atoms with Crippen LogP contribution in [0.25, 0.3) is 0 Å². The number of hydrogen-bond acceptors (Lipinski definition) is 3. The first kappa shape index (κ1) is 15.8. The molecule has 0 aromatic carbocycles. The Kier molecular flexibility index (Phi) is 7.97. The second-order valence-electron chi connectivity index (χ2n) is 4.81. The number of ether oxygens (including phenoxy) is 1. The Bertz CT molecular complexity index is 276. The van der Waals surface area contributed by atoms with Crippen LogP contribution in [0.1, 0.15) is 44.9 Å². The third-order valence-corrected chi connectivity index (χ3v) is 3.17. The molecule has 0 unspecified atom stereocenters. The van der Waals surface area contributed by atoms with Crippen molar-refractivity contribution in [3.05, 3.63) is 0 Å². The number of nitrogens with one attached hydrogen (secondary N) is 2. The summed E-state index contributed by atoms with van der Waals surface area (Å²) < 4.78 is 5.72. The van der Waals surface area contributed by atoms with E-state index in [-0.39, 0.29) is 19.0 Å². The maximum absolute atomic E-state index is 11.3. The van der Waals surface area contributed by atoms with Gasteiger partial charge >= 0.3 is 12.0 Å². The van der Waals surface area contributed by atoms with Gasteiger partial charge in [0.1, 0.15) is 0 Å². The van der Waals surface area contributed by atoms with Crippen molar-refractivity contribution in [1.29, 1.82) is 0 Å². The van der Waals surface area contributed by atoms with E-state index in [2.05, 4.69) is 10.6 Å². The summed E-state index contributed by atoms with van der Waals surface area (Å²) >= 11 is 0. The van der Waals surface area contributed by atoms with Crippen LogP contribution >= 0.6 is 0 Å². The Hall–Kier alpha value is -1.30. The standard InChI is InChI=1S/C13H24N2O4/c16-12(17)7-8-14-13(18)15-9-10-19-11-5-3-1-2-4-6-11/h11H,1-10H2,(H,16,17)(H2,14,15,18). The minimum absolute atomic E-state index is 0.0635. The van der Waals surface area contributed by atoms with Crippen molar-refractivity contribution in [3.8, 4) is 0 Å². The lowest BCUT2D eigenvalue weighted by Gasteiger charge is -2.15. The normalized spacial score (nSPS) is 16.6. The van der Waals surface area contributed by atoms with Crippen molar-refractivity contribution in [1.82, 2.24) is 10.6 Å². The molecule has 6 heteroatoms. The van der Waals surface area contributed by atoms with E-state index in [1.165, 1.54) is 25.7 Å². The highest BCUT2D eigenvalue weighted by atomic mass is 16.5. The highest BCUT2D eigenvalue weighted by molar-refractivity contribution is 5.74. The summed E-state index contributed by atoms with van der Waals surface area (Å²) in [5, 5.41) is 13.5. The number of hydrogen-bond donors (Lipinski definition) is 3. The number of carboxylic acids is 1. The van der Waals surface area contributed by atoms with Gasteiger partial charge in [-0.1, -0.05) is 25.7 Å². The van der Waals surface area contributed by atoms with Gasteiger partial charge in [0.2, 0.25) is 0 Å². The summed E-state index contributed by atoms with van der Waals surface area (Å²) in [5.41, 5.74) is 0. The topological polar surface area (TPSA) is 87.7 Å². The maximum Gasteiger partial charge on any atom is 0.314 e. The minimum Gasteiger partial charge on any atom is -0.481 e. The van der Waals surface area contributed by atoms with Crippen molar-refractivity contribution in [2.75, 3.05) is 19.7 Å². The first-order valence-electron chi connectivity index (χ1n) is 7.03. The second kappa shape index (κ2) is 9.61. The summed E-state index contributed by atoms with van der Waals surface area (Å²) in [6.45, 7) is 1.11. The molecule has 1 saturated carbocycles. The molecule has 19 heavy (non-hydrogen) atoms. The predicted molar refractivity (Wildman–Crippen MR) is 71.1 cm³/mol. The van der Waals surface area contributed by atoms with Gasteiger partial charge in [0, 0.05) is 13.1 Å². The highest BCUT2D eigenvalue weighted by Crippen LogP contribution is 2.19. The Balaban J connectivity index is 1.97. The van der Waals surface area contributed by atoms with Gasteiger partial charge in [-0.3, -0.25) is 4.79 Å². The smallest absolute Gasteiger partial charge is 0.314 e. The molecule has 0 bridgehead atoms. The van der Waals surface area contributed by atoms with E-state index in [9.17, 15) is 9.59 Å². The first-order valence-corrected chi connectivity index (χ1v) is 7.03. The molecule has 0 aromatic heterocycles. The Morgan fingerprint density at radius 1 is 1.05 bits per heavy atom. The predicted octanol–water partition coefficient (Wildman–Crippen LogP) is 1.50. The fourth-order valence-electron chi connectivity index (χ4n) is 2.14. The van der Waals surface area contributed by atoms with Crippen molar-refractivity contribution >= 4 is 12.0 Å². The van der Waals surface area contributed by atoms with Crippen LogP contribution in [0.3, 0.4) is 0 Å². The molecule has 6 nitrogen and oxygen atoms in total. The van der Waals surface area contributed by atoms with Gasteiger partial charge in [0.05, 0.1) is 19.1 Å². The lowest BCUT2D eigenvalue weighted by molar-refractivity contribution is -0.136. The third-order valence-electron chi connectivity index (χ3n) is 3.17. The van der Waals surface area contributed by atoms with Gasteiger partial charge in [-0.15, -0.1) is 0 Å². The number of carbonyl (C=O) groups excluding carboxylic acids is 1. The molecule has 1 aliphatic rings. The molecule has 0 aliphatic heterocycles. The van der Waals surface area contributed by atoms with Crippen LogP contribution in [-0.2, 0) is 9.53 Å². The Labute approximate surface area is 113 Å². The van der Waals surface area contributed by atoms with Crippen LogP contribution in [-0.4, -0.2) is 42.9 Å². The largest absolute Gasteiger partial charge is 0.481 e. The van der Waals surface area contributed by atoms with Crippen LogP contribution in [0.4, 0.5) is 4.79 Å². The number of amides is 2. The van der Waals surface area contributed by atoms with E-state index in [4.69, 9.17) is 9.84 Å². The number of aliphatic carboxylic acids is 1. The van der Waals surface area contributed by atoms with Gasteiger partial charge in [-0.2, -0.15) is 0 Å². The van der Waals surface area contributed by atoms with Gasteiger partial charge in [-0.05, 0) is 12.8 Å². The molecule has 1 fully saturated rings. The molecule has 0 radical (unpaired) electrons. The zero-order chi connectivity index (χ0) is 13.9. The van der Waals surface area contributed by atoms with E-state index in [1.807, 2.05) is 0 Å². The molecule has 0 saturated heterocycles. The van der Waals surface area contributed by atoms with E-state index in [0.717, 1.165) is 12.8 Å². The molecule has 0 atom stereocenters. The highest BCUT2D eigenvalue weighted by Gasteiger charge is 2.12. The molecule has 0 aromatic rings. The lowest BCUT2D eigenvalue weighted by atomic mass is 10.1.